The molecule has 1 aliphatic heterocycles. The van der Waals surface area contributed by atoms with Gasteiger partial charge in [0.15, 0.2) is 5.79 Å². The number of hydroxylamine groups is 2. The second-order valence-electron chi connectivity index (χ2n) is 5.78. The van der Waals surface area contributed by atoms with Crippen LogP contribution in [0.2, 0.25) is 0 Å². The first-order chi connectivity index (χ1) is 10.8. The van der Waals surface area contributed by atoms with Gasteiger partial charge in [-0.05, 0) is 26.3 Å². The Kier molecular flexibility index (Phi) is 5.23. The third-order valence-electron chi connectivity index (χ3n) is 3.63. The average molecular weight is 322 g/mol. The van der Waals surface area contributed by atoms with Crippen LogP contribution in [0.1, 0.15) is 26.3 Å². The zero-order valence-corrected chi connectivity index (χ0v) is 13.7. The molecule has 2 rings (SSSR count). The maximum absolute atomic E-state index is 12.1. The second-order valence-corrected chi connectivity index (χ2v) is 5.78. The van der Waals surface area contributed by atoms with E-state index in [1.54, 1.807) is 20.8 Å². The number of methoxy groups -OCH3 is 1. The summed E-state index contributed by atoms with van der Waals surface area (Å²) in [7, 11) is 1.49. The minimum absolute atomic E-state index is 0.152. The molecule has 0 radical (unpaired) electrons. The van der Waals surface area contributed by atoms with Gasteiger partial charge in [0, 0.05) is 7.11 Å². The largest absolute Gasteiger partial charge is 0.445 e. The lowest BCUT2D eigenvalue weighted by molar-refractivity contribution is -0.338. The summed E-state index contributed by atoms with van der Waals surface area (Å²) in [6.45, 7) is 5.32. The van der Waals surface area contributed by atoms with Crippen LogP contribution in [0, 0.1) is 0 Å². The Bertz CT molecular complexity index is 561. The van der Waals surface area contributed by atoms with Crippen molar-refractivity contribution < 1.29 is 23.9 Å². The van der Waals surface area contributed by atoms with Gasteiger partial charge in [-0.2, -0.15) is 0 Å². The average Bonchev–Trinajstić information content (AvgIpc) is 2.56. The predicted octanol–water partition coefficient (Wildman–Crippen LogP) is 1.83. The molecule has 0 aliphatic carbocycles. The number of carbonyl (C=O) groups excluding carboxylic acids is 2. The van der Waals surface area contributed by atoms with E-state index >= 15 is 0 Å². The molecule has 0 unspecified atom stereocenters. The molecule has 23 heavy (non-hydrogen) atoms. The molecule has 1 aromatic carbocycles. The van der Waals surface area contributed by atoms with Gasteiger partial charge in [-0.15, -0.1) is 0 Å². The van der Waals surface area contributed by atoms with Gasteiger partial charge >= 0.3 is 6.09 Å². The van der Waals surface area contributed by atoms with E-state index in [0.717, 1.165) is 5.56 Å². The SMILES string of the molecule is COC(C)(C)ON1C(=O)[C@@H](NC(=O)OCc2ccccc2)[C@@H]1C. The topological polar surface area (TPSA) is 77.1 Å². The van der Waals surface area contributed by atoms with E-state index in [-0.39, 0.29) is 18.6 Å². The molecule has 2 amide bonds. The first kappa shape index (κ1) is 17.2. The van der Waals surface area contributed by atoms with Crippen molar-refractivity contribution in [2.24, 2.45) is 0 Å². The Hall–Kier alpha value is -2.12. The zero-order chi connectivity index (χ0) is 17.0. The summed E-state index contributed by atoms with van der Waals surface area (Å²) in [5, 5.41) is 3.75. The number of hydrogen-bond donors (Lipinski definition) is 1. The van der Waals surface area contributed by atoms with Gasteiger partial charge in [0.2, 0.25) is 0 Å². The first-order valence-corrected chi connectivity index (χ1v) is 7.38. The standard InChI is InChI=1S/C16H22N2O5/c1-11-13(14(19)18(11)23-16(2,3)21-4)17-15(20)22-10-12-8-6-5-7-9-12/h5-9,11,13H,10H2,1-4H3,(H,17,20)/t11-,13-/m0/s1. The number of rotatable bonds is 6. The molecular weight excluding hydrogens is 300 g/mol. The van der Waals surface area contributed by atoms with Crippen LogP contribution < -0.4 is 5.32 Å². The molecule has 0 spiro atoms. The summed E-state index contributed by atoms with van der Waals surface area (Å²) in [4.78, 5) is 29.3. The smallest absolute Gasteiger partial charge is 0.408 e. The van der Waals surface area contributed by atoms with Crippen LogP contribution in [0.25, 0.3) is 0 Å². The van der Waals surface area contributed by atoms with Crippen LogP contribution in [0.5, 0.6) is 0 Å². The predicted molar refractivity (Wildman–Crippen MR) is 82.0 cm³/mol. The van der Waals surface area contributed by atoms with E-state index in [0.29, 0.717) is 0 Å². The van der Waals surface area contributed by atoms with E-state index in [9.17, 15) is 9.59 Å². The normalized spacial score (nSPS) is 20.9. The summed E-state index contributed by atoms with van der Waals surface area (Å²) < 4.78 is 10.2. The highest BCUT2D eigenvalue weighted by molar-refractivity contribution is 5.91. The molecule has 7 heteroatoms. The monoisotopic (exact) mass is 322 g/mol. The van der Waals surface area contributed by atoms with Crippen LogP contribution in [0.3, 0.4) is 0 Å². The van der Waals surface area contributed by atoms with Crippen LogP contribution >= 0.6 is 0 Å². The molecule has 1 aliphatic rings. The minimum Gasteiger partial charge on any atom is -0.445 e. The van der Waals surface area contributed by atoms with Crippen molar-refractivity contribution in [1.29, 1.82) is 0 Å². The third-order valence-corrected chi connectivity index (χ3v) is 3.63. The number of β-lactam (4-membered cyclic amide) rings is 1. The Morgan fingerprint density at radius 1 is 1.30 bits per heavy atom. The Balaban J connectivity index is 1.80. The van der Waals surface area contributed by atoms with Gasteiger partial charge in [-0.3, -0.25) is 4.79 Å². The van der Waals surface area contributed by atoms with Crippen molar-refractivity contribution in [2.75, 3.05) is 7.11 Å². The fourth-order valence-corrected chi connectivity index (χ4v) is 2.07. The van der Waals surface area contributed by atoms with Gasteiger partial charge in [0.25, 0.3) is 5.91 Å². The molecular formula is C16H22N2O5. The maximum atomic E-state index is 12.1. The van der Waals surface area contributed by atoms with Crippen LogP contribution in [-0.2, 0) is 25.7 Å². The molecule has 1 N–H and O–H groups in total. The number of nitrogens with one attached hydrogen (secondary N) is 1. The van der Waals surface area contributed by atoms with Gasteiger partial charge < -0.3 is 14.8 Å². The van der Waals surface area contributed by atoms with E-state index in [1.165, 1.54) is 12.2 Å². The van der Waals surface area contributed by atoms with Crippen molar-refractivity contribution >= 4 is 12.0 Å². The quantitative estimate of drug-likeness (QED) is 0.638. The number of hydrogen-bond acceptors (Lipinski definition) is 5. The van der Waals surface area contributed by atoms with Crippen LogP contribution in [0.15, 0.2) is 30.3 Å². The van der Waals surface area contributed by atoms with Crippen LogP contribution in [0.4, 0.5) is 4.79 Å². The summed E-state index contributed by atoms with van der Waals surface area (Å²) in [6.07, 6.45) is -0.635. The number of carbonyl (C=O) groups is 2. The lowest BCUT2D eigenvalue weighted by Gasteiger charge is -2.46. The molecule has 7 nitrogen and oxygen atoms in total. The molecule has 1 fully saturated rings. The van der Waals surface area contributed by atoms with Crippen molar-refractivity contribution in [3.63, 3.8) is 0 Å². The second kappa shape index (κ2) is 6.97. The molecule has 0 bridgehead atoms. The van der Waals surface area contributed by atoms with E-state index < -0.39 is 17.9 Å². The Labute approximate surface area is 135 Å². The number of amides is 2. The van der Waals surface area contributed by atoms with Crippen molar-refractivity contribution in [3.05, 3.63) is 35.9 Å². The van der Waals surface area contributed by atoms with E-state index in [2.05, 4.69) is 5.32 Å². The number of alkyl carbamates (subject to hydrolysis) is 1. The highest BCUT2D eigenvalue weighted by atomic mass is 16.8. The fourth-order valence-electron chi connectivity index (χ4n) is 2.07. The van der Waals surface area contributed by atoms with Crippen LogP contribution in [-0.4, -0.2) is 42.0 Å². The number of ether oxygens (including phenoxy) is 2. The van der Waals surface area contributed by atoms with Crippen molar-refractivity contribution in [3.8, 4) is 0 Å². The minimum atomic E-state index is -0.914. The summed E-state index contributed by atoms with van der Waals surface area (Å²) in [6, 6.07) is 8.35. The van der Waals surface area contributed by atoms with Gasteiger partial charge in [-0.25, -0.2) is 14.7 Å². The molecule has 1 heterocycles. The van der Waals surface area contributed by atoms with Crippen molar-refractivity contribution in [2.45, 2.75) is 45.2 Å². The highest BCUT2D eigenvalue weighted by Crippen LogP contribution is 2.25. The molecule has 126 valence electrons. The number of benzene rings is 1. The summed E-state index contributed by atoms with van der Waals surface area (Å²) >= 11 is 0. The van der Waals surface area contributed by atoms with E-state index in [4.69, 9.17) is 14.3 Å². The van der Waals surface area contributed by atoms with Gasteiger partial charge in [0.05, 0.1) is 6.04 Å². The third kappa shape index (κ3) is 4.20. The number of nitrogens with zero attached hydrogens (tertiary/aromatic N) is 1. The zero-order valence-electron chi connectivity index (χ0n) is 13.7. The summed E-state index contributed by atoms with van der Waals surface area (Å²) in [5.74, 6) is -1.25. The highest BCUT2D eigenvalue weighted by Gasteiger charge is 2.49. The lowest BCUT2D eigenvalue weighted by Crippen LogP contribution is -2.70. The maximum Gasteiger partial charge on any atom is 0.408 e. The molecule has 0 saturated carbocycles. The Morgan fingerprint density at radius 2 is 1.96 bits per heavy atom. The fraction of sp³-hybridized carbons (Fsp3) is 0.500. The van der Waals surface area contributed by atoms with E-state index in [1.807, 2.05) is 30.3 Å². The molecule has 0 aromatic heterocycles. The van der Waals surface area contributed by atoms with Crippen molar-refractivity contribution in [1.82, 2.24) is 10.4 Å². The summed E-state index contributed by atoms with van der Waals surface area (Å²) in [5.41, 5.74) is 0.877. The molecule has 1 saturated heterocycles. The van der Waals surface area contributed by atoms with Gasteiger partial charge in [-0.1, -0.05) is 30.3 Å². The molecule has 2 atom stereocenters. The van der Waals surface area contributed by atoms with Gasteiger partial charge in [0.1, 0.15) is 12.6 Å². The Morgan fingerprint density at radius 3 is 2.52 bits per heavy atom. The first-order valence-electron chi connectivity index (χ1n) is 7.38. The molecule has 1 aromatic rings. The lowest BCUT2D eigenvalue weighted by atomic mass is 10.0.